The molecule has 1 aliphatic heterocycles. The van der Waals surface area contributed by atoms with Crippen molar-refractivity contribution in [3.8, 4) is 0 Å². The highest BCUT2D eigenvalue weighted by molar-refractivity contribution is 5.88. The van der Waals surface area contributed by atoms with Crippen LogP contribution in [0.25, 0.3) is 0 Å². The van der Waals surface area contributed by atoms with Gasteiger partial charge in [-0.1, -0.05) is 25.9 Å². The van der Waals surface area contributed by atoms with Gasteiger partial charge in [-0.25, -0.2) is 9.78 Å². The Morgan fingerprint density at radius 1 is 1.40 bits per heavy atom. The molecular weight excluding hydrogens is 322 g/mol. The van der Waals surface area contributed by atoms with Gasteiger partial charge in [0.25, 0.3) is 0 Å². The van der Waals surface area contributed by atoms with Gasteiger partial charge in [-0.3, -0.25) is 4.90 Å². The Balaban J connectivity index is 1.69. The SMILES string of the molecule is C[C@H](Nc1nccc(N2CCOC2=O)n1)c1cc(CC(C)(C)C)on1. The van der Waals surface area contributed by atoms with E-state index in [1.165, 1.54) is 4.90 Å². The minimum atomic E-state index is -0.388. The van der Waals surface area contributed by atoms with E-state index in [0.29, 0.717) is 24.9 Å². The average molecular weight is 345 g/mol. The van der Waals surface area contributed by atoms with Crippen LogP contribution in [0, 0.1) is 5.41 Å². The van der Waals surface area contributed by atoms with Gasteiger partial charge in [0.1, 0.15) is 23.9 Å². The van der Waals surface area contributed by atoms with Crippen LogP contribution >= 0.6 is 0 Å². The van der Waals surface area contributed by atoms with Gasteiger partial charge in [-0.05, 0) is 18.4 Å². The molecule has 0 radical (unpaired) electrons. The number of nitrogens with one attached hydrogen (secondary N) is 1. The van der Waals surface area contributed by atoms with Gasteiger partial charge in [0, 0.05) is 18.7 Å². The Labute approximate surface area is 146 Å². The molecule has 8 nitrogen and oxygen atoms in total. The van der Waals surface area contributed by atoms with Crippen LogP contribution in [-0.2, 0) is 11.2 Å². The minimum absolute atomic E-state index is 0.127. The summed E-state index contributed by atoms with van der Waals surface area (Å²) in [6, 6.07) is 3.50. The van der Waals surface area contributed by atoms with Crippen molar-refractivity contribution in [1.82, 2.24) is 15.1 Å². The molecule has 8 heteroatoms. The van der Waals surface area contributed by atoms with E-state index in [4.69, 9.17) is 9.26 Å². The predicted octanol–water partition coefficient (Wildman–Crippen LogP) is 3.18. The lowest BCUT2D eigenvalue weighted by atomic mass is 9.91. The molecule has 0 aromatic carbocycles. The number of ether oxygens (including phenoxy) is 1. The molecule has 25 heavy (non-hydrogen) atoms. The molecule has 3 heterocycles. The monoisotopic (exact) mass is 345 g/mol. The highest BCUT2D eigenvalue weighted by Gasteiger charge is 2.25. The molecule has 2 aromatic rings. The Morgan fingerprint density at radius 2 is 2.20 bits per heavy atom. The second kappa shape index (κ2) is 6.70. The topological polar surface area (TPSA) is 93.4 Å². The van der Waals surface area contributed by atoms with Crippen molar-refractivity contribution in [3.63, 3.8) is 0 Å². The third-order valence-electron chi connectivity index (χ3n) is 3.75. The number of carbonyl (C=O) groups is 1. The number of aromatic nitrogens is 3. The summed E-state index contributed by atoms with van der Waals surface area (Å²) in [5.74, 6) is 1.79. The summed E-state index contributed by atoms with van der Waals surface area (Å²) in [5.41, 5.74) is 0.920. The van der Waals surface area contributed by atoms with Crippen LogP contribution in [0.1, 0.15) is 45.2 Å². The number of hydrogen-bond acceptors (Lipinski definition) is 7. The smallest absolute Gasteiger partial charge is 0.415 e. The molecule has 1 atom stereocenters. The van der Waals surface area contributed by atoms with Crippen molar-refractivity contribution in [2.45, 2.75) is 40.2 Å². The lowest BCUT2D eigenvalue weighted by molar-refractivity contribution is 0.181. The van der Waals surface area contributed by atoms with Crippen molar-refractivity contribution in [2.24, 2.45) is 5.41 Å². The average Bonchev–Trinajstić information content (AvgIpc) is 3.15. The van der Waals surface area contributed by atoms with Crippen molar-refractivity contribution in [2.75, 3.05) is 23.4 Å². The molecule has 0 unspecified atom stereocenters. The normalized spacial score (nSPS) is 16.0. The van der Waals surface area contributed by atoms with E-state index in [-0.39, 0.29) is 17.6 Å². The molecule has 1 fully saturated rings. The van der Waals surface area contributed by atoms with Crippen LogP contribution in [0.2, 0.25) is 0 Å². The summed E-state index contributed by atoms with van der Waals surface area (Å²) >= 11 is 0. The summed E-state index contributed by atoms with van der Waals surface area (Å²) in [6.07, 6.45) is 2.04. The third-order valence-corrected chi connectivity index (χ3v) is 3.75. The van der Waals surface area contributed by atoms with E-state index in [9.17, 15) is 4.79 Å². The summed E-state index contributed by atoms with van der Waals surface area (Å²) in [7, 11) is 0. The standard InChI is InChI=1S/C17H23N5O3/c1-11(13-9-12(25-21-13)10-17(2,3)4)19-15-18-6-5-14(20-15)22-7-8-24-16(22)23/h5-6,9,11H,7-8,10H2,1-4H3,(H,18,19,20)/t11-/m0/s1. The first-order valence-electron chi connectivity index (χ1n) is 8.31. The van der Waals surface area contributed by atoms with E-state index < -0.39 is 0 Å². The molecule has 1 aliphatic rings. The zero-order valence-corrected chi connectivity index (χ0v) is 14.9. The minimum Gasteiger partial charge on any atom is -0.447 e. The largest absolute Gasteiger partial charge is 0.447 e. The molecule has 1 saturated heterocycles. The van der Waals surface area contributed by atoms with Crippen molar-refractivity contribution < 1.29 is 14.1 Å². The van der Waals surface area contributed by atoms with Crippen LogP contribution in [-0.4, -0.2) is 34.4 Å². The van der Waals surface area contributed by atoms with Crippen LogP contribution < -0.4 is 10.2 Å². The zero-order chi connectivity index (χ0) is 18.0. The number of rotatable bonds is 5. The van der Waals surface area contributed by atoms with Crippen LogP contribution in [0.15, 0.2) is 22.9 Å². The Bertz CT molecular complexity index is 753. The first-order chi connectivity index (χ1) is 11.8. The molecule has 0 saturated carbocycles. The maximum Gasteiger partial charge on any atom is 0.415 e. The first-order valence-corrected chi connectivity index (χ1v) is 8.31. The van der Waals surface area contributed by atoms with Crippen LogP contribution in [0.5, 0.6) is 0 Å². The number of carbonyl (C=O) groups excluding carboxylic acids is 1. The number of cyclic esters (lactones) is 1. The number of hydrogen-bond donors (Lipinski definition) is 1. The Morgan fingerprint density at radius 3 is 2.88 bits per heavy atom. The summed E-state index contributed by atoms with van der Waals surface area (Å²) in [5, 5.41) is 7.32. The molecule has 2 aromatic heterocycles. The van der Waals surface area contributed by atoms with E-state index in [2.05, 4.69) is 41.2 Å². The fourth-order valence-corrected chi connectivity index (χ4v) is 2.58. The van der Waals surface area contributed by atoms with Gasteiger partial charge in [0.15, 0.2) is 0 Å². The van der Waals surface area contributed by atoms with Gasteiger partial charge >= 0.3 is 6.09 Å². The van der Waals surface area contributed by atoms with Crippen LogP contribution in [0.4, 0.5) is 16.6 Å². The molecule has 1 N–H and O–H groups in total. The van der Waals surface area contributed by atoms with Crippen LogP contribution in [0.3, 0.4) is 0 Å². The van der Waals surface area contributed by atoms with Gasteiger partial charge in [0.2, 0.25) is 5.95 Å². The number of nitrogens with zero attached hydrogens (tertiary/aromatic N) is 4. The number of amides is 1. The molecular formula is C17H23N5O3. The molecule has 0 spiro atoms. The van der Waals surface area contributed by atoms with Crippen molar-refractivity contribution in [3.05, 3.63) is 29.8 Å². The Hall–Kier alpha value is -2.64. The zero-order valence-electron chi connectivity index (χ0n) is 14.9. The molecule has 134 valence electrons. The third kappa shape index (κ3) is 4.26. The second-order valence-corrected chi connectivity index (χ2v) is 7.33. The van der Waals surface area contributed by atoms with E-state index in [0.717, 1.165) is 17.9 Å². The van der Waals surface area contributed by atoms with E-state index in [1.807, 2.05) is 13.0 Å². The van der Waals surface area contributed by atoms with Gasteiger partial charge in [0.05, 0.1) is 12.6 Å². The van der Waals surface area contributed by atoms with E-state index >= 15 is 0 Å². The molecule has 1 amide bonds. The van der Waals surface area contributed by atoms with Gasteiger partial charge in [-0.15, -0.1) is 0 Å². The van der Waals surface area contributed by atoms with E-state index in [1.54, 1.807) is 12.3 Å². The number of anilines is 2. The summed E-state index contributed by atoms with van der Waals surface area (Å²) in [4.78, 5) is 21.7. The van der Waals surface area contributed by atoms with Gasteiger partial charge < -0.3 is 14.6 Å². The highest BCUT2D eigenvalue weighted by Crippen LogP contribution is 2.24. The maximum absolute atomic E-state index is 11.6. The van der Waals surface area contributed by atoms with Crippen molar-refractivity contribution >= 4 is 17.9 Å². The fraction of sp³-hybridized carbons (Fsp3) is 0.529. The Kier molecular flexibility index (Phi) is 4.61. The molecule has 0 aliphatic carbocycles. The summed E-state index contributed by atoms with van der Waals surface area (Å²) in [6.45, 7) is 9.28. The first kappa shape index (κ1) is 17.2. The fourth-order valence-electron chi connectivity index (χ4n) is 2.58. The quantitative estimate of drug-likeness (QED) is 0.889. The van der Waals surface area contributed by atoms with Gasteiger partial charge in [-0.2, -0.15) is 4.98 Å². The second-order valence-electron chi connectivity index (χ2n) is 7.33. The van der Waals surface area contributed by atoms with Crippen molar-refractivity contribution in [1.29, 1.82) is 0 Å². The predicted molar refractivity (Wildman–Crippen MR) is 92.4 cm³/mol. The lowest BCUT2D eigenvalue weighted by Gasteiger charge is -2.15. The maximum atomic E-state index is 11.6. The highest BCUT2D eigenvalue weighted by atomic mass is 16.6. The lowest BCUT2D eigenvalue weighted by Crippen LogP contribution is -2.25. The molecule has 3 rings (SSSR count). The molecule has 0 bridgehead atoms. The summed E-state index contributed by atoms with van der Waals surface area (Å²) < 4.78 is 10.4.